The average Bonchev–Trinajstić information content (AvgIpc) is 2.32. The van der Waals surface area contributed by atoms with Gasteiger partial charge >= 0.3 is 0 Å². The van der Waals surface area contributed by atoms with Crippen molar-refractivity contribution in [3.05, 3.63) is 29.3 Å². The van der Waals surface area contributed by atoms with Gasteiger partial charge in [0.2, 0.25) is 0 Å². The molecule has 90 valence electrons. The van der Waals surface area contributed by atoms with Gasteiger partial charge in [-0.2, -0.15) is 0 Å². The van der Waals surface area contributed by atoms with E-state index in [2.05, 4.69) is 0 Å². The largest absolute Gasteiger partial charge is 0.508 e. The van der Waals surface area contributed by atoms with Gasteiger partial charge in [-0.05, 0) is 25.5 Å². The van der Waals surface area contributed by atoms with Crippen molar-refractivity contribution in [2.45, 2.75) is 19.8 Å². The van der Waals surface area contributed by atoms with Crippen LogP contribution in [0.1, 0.15) is 28.8 Å². The fraction of sp³-hybridized carbons (Fsp3) is 0.385. The Kier molecular flexibility index (Phi) is 3.13. The molecule has 1 amide bonds. The molecule has 0 bridgehead atoms. The first-order chi connectivity index (χ1) is 8.09. The number of carbonyl (C=O) groups is 2. The minimum atomic E-state index is -0.175. The molecule has 0 radical (unpaired) electrons. The zero-order chi connectivity index (χ0) is 12.4. The maximum absolute atomic E-state index is 12.2. The Labute approximate surface area is 99.9 Å². The molecule has 4 nitrogen and oxygen atoms in total. The second-order valence-corrected chi connectivity index (χ2v) is 4.32. The van der Waals surface area contributed by atoms with Crippen LogP contribution in [0.2, 0.25) is 0 Å². The number of piperidine rings is 1. The lowest BCUT2D eigenvalue weighted by Gasteiger charge is -2.26. The van der Waals surface area contributed by atoms with E-state index in [9.17, 15) is 14.7 Å². The lowest BCUT2D eigenvalue weighted by atomic mass is 10.0. The molecule has 1 aliphatic rings. The number of amides is 1. The quantitative estimate of drug-likeness (QED) is 0.799. The van der Waals surface area contributed by atoms with E-state index in [1.807, 2.05) is 0 Å². The van der Waals surface area contributed by atoms with Gasteiger partial charge in [-0.25, -0.2) is 0 Å². The predicted octanol–water partition coefficient (Wildman–Crippen LogP) is 1.51. The molecule has 1 N–H and O–H groups in total. The second-order valence-electron chi connectivity index (χ2n) is 4.32. The number of Topliss-reactive ketones (excluding diaryl/α,β-unsaturated/α-hetero) is 1. The zero-order valence-corrected chi connectivity index (χ0v) is 9.77. The molecule has 0 spiro atoms. The van der Waals surface area contributed by atoms with E-state index in [0.717, 1.165) is 6.42 Å². The number of likely N-dealkylation sites (tertiary alicyclic amines) is 1. The summed E-state index contributed by atoms with van der Waals surface area (Å²) in [6.07, 6.45) is 1.28. The summed E-state index contributed by atoms with van der Waals surface area (Å²) in [6.45, 7) is 2.50. The lowest BCUT2D eigenvalue weighted by molar-refractivity contribution is -0.121. The summed E-state index contributed by atoms with van der Waals surface area (Å²) in [5, 5.41) is 9.56. The predicted molar refractivity (Wildman–Crippen MR) is 63.0 cm³/mol. The summed E-state index contributed by atoms with van der Waals surface area (Å²) < 4.78 is 0. The number of hydrogen-bond donors (Lipinski definition) is 1. The third-order valence-corrected chi connectivity index (χ3v) is 3.07. The number of benzene rings is 1. The molecule has 0 saturated carbocycles. The van der Waals surface area contributed by atoms with Crippen molar-refractivity contribution in [3.8, 4) is 5.75 Å². The first-order valence-electron chi connectivity index (χ1n) is 5.69. The highest BCUT2D eigenvalue weighted by atomic mass is 16.3. The van der Waals surface area contributed by atoms with Crippen molar-refractivity contribution in [3.63, 3.8) is 0 Å². The number of phenols is 1. The van der Waals surface area contributed by atoms with Gasteiger partial charge in [0.15, 0.2) is 5.78 Å². The van der Waals surface area contributed by atoms with Gasteiger partial charge in [-0.3, -0.25) is 9.59 Å². The van der Waals surface area contributed by atoms with Crippen LogP contribution in [0, 0.1) is 6.92 Å². The van der Waals surface area contributed by atoms with Gasteiger partial charge < -0.3 is 10.0 Å². The summed E-state index contributed by atoms with van der Waals surface area (Å²) in [4.78, 5) is 25.0. The third kappa shape index (κ3) is 2.30. The van der Waals surface area contributed by atoms with E-state index >= 15 is 0 Å². The number of phenolic OH excluding ortho intramolecular Hbond substituents is 1. The molecule has 2 rings (SSSR count). The van der Waals surface area contributed by atoms with Gasteiger partial charge in [-0.1, -0.05) is 6.07 Å². The van der Waals surface area contributed by atoms with E-state index in [1.54, 1.807) is 30.0 Å². The molecule has 17 heavy (non-hydrogen) atoms. The van der Waals surface area contributed by atoms with E-state index in [4.69, 9.17) is 0 Å². The molecule has 1 heterocycles. The molecule has 0 aliphatic carbocycles. The van der Waals surface area contributed by atoms with Gasteiger partial charge in [0.1, 0.15) is 5.75 Å². The number of hydrogen-bond acceptors (Lipinski definition) is 3. The van der Waals surface area contributed by atoms with Crippen LogP contribution in [-0.4, -0.2) is 34.8 Å². The normalized spacial score (nSPS) is 16.1. The van der Waals surface area contributed by atoms with Crippen molar-refractivity contribution >= 4 is 11.7 Å². The molecular weight excluding hydrogens is 218 g/mol. The maximum Gasteiger partial charge on any atom is 0.254 e. The van der Waals surface area contributed by atoms with Crippen LogP contribution in [0.4, 0.5) is 0 Å². The van der Waals surface area contributed by atoms with E-state index in [1.165, 1.54) is 0 Å². The maximum atomic E-state index is 12.2. The fourth-order valence-electron chi connectivity index (χ4n) is 2.04. The highest BCUT2D eigenvalue weighted by molar-refractivity contribution is 5.98. The smallest absolute Gasteiger partial charge is 0.254 e. The Morgan fingerprint density at radius 1 is 1.41 bits per heavy atom. The second kappa shape index (κ2) is 4.57. The van der Waals surface area contributed by atoms with Crippen LogP contribution in [0.25, 0.3) is 0 Å². The Morgan fingerprint density at radius 3 is 2.88 bits per heavy atom. The van der Waals surface area contributed by atoms with Crippen molar-refractivity contribution in [2.75, 3.05) is 13.1 Å². The zero-order valence-electron chi connectivity index (χ0n) is 9.77. The molecular formula is C13H15NO3. The fourth-order valence-corrected chi connectivity index (χ4v) is 2.04. The van der Waals surface area contributed by atoms with Crippen molar-refractivity contribution < 1.29 is 14.7 Å². The Bertz CT molecular complexity index is 468. The lowest BCUT2D eigenvalue weighted by Crippen LogP contribution is -2.40. The molecule has 1 fully saturated rings. The van der Waals surface area contributed by atoms with Crippen LogP contribution < -0.4 is 0 Å². The number of aromatic hydroxyl groups is 1. The van der Waals surface area contributed by atoms with Gasteiger partial charge in [-0.15, -0.1) is 0 Å². The van der Waals surface area contributed by atoms with Crippen molar-refractivity contribution in [2.24, 2.45) is 0 Å². The Balaban J connectivity index is 2.24. The molecule has 1 aliphatic heterocycles. The molecule has 0 unspecified atom stereocenters. The molecule has 1 aromatic rings. The highest BCUT2D eigenvalue weighted by Crippen LogP contribution is 2.21. The Hall–Kier alpha value is -1.84. The van der Waals surface area contributed by atoms with Crippen LogP contribution in [0.5, 0.6) is 5.75 Å². The summed E-state index contributed by atoms with van der Waals surface area (Å²) in [5.74, 6) is 0.0352. The highest BCUT2D eigenvalue weighted by Gasteiger charge is 2.23. The summed E-state index contributed by atoms with van der Waals surface area (Å²) in [7, 11) is 0. The monoisotopic (exact) mass is 233 g/mol. The number of ketones is 1. The topological polar surface area (TPSA) is 57.6 Å². The number of rotatable bonds is 1. The molecule has 1 aromatic carbocycles. The van der Waals surface area contributed by atoms with E-state index < -0.39 is 0 Å². The van der Waals surface area contributed by atoms with E-state index in [-0.39, 0.29) is 24.0 Å². The van der Waals surface area contributed by atoms with Crippen LogP contribution in [0.15, 0.2) is 18.2 Å². The van der Waals surface area contributed by atoms with E-state index in [0.29, 0.717) is 24.1 Å². The summed E-state index contributed by atoms with van der Waals surface area (Å²) in [5.41, 5.74) is 1.04. The molecule has 0 atom stereocenters. The van der Waals surface area contributed by atoms with Crippen molar-refractivity contribution in [1.29, 1.82) is 0 Å². The minimum Gasteiger partial charge on any atom is -0.508 e. The van der Waals surface area contributed by atoms with Gasteiger partial charge in [0.05, 0.1) is 6.54 Å². The molecule has 1 saturated heterocycles. The van der Waals surface area contributed by atoms with Crippen LogP contribution >= 0.6 is 0 Å². The van der Waals surface area contributed by atoms with Crippen molar-refractivity contribution in [1.82, 2.24) is 4.90 Å². The van der Waals surface area contributed by atoms with Gasteiger partial charge in [0.25, 0.3) is 5.91 Å². The Morgan fingerprint density at radius 2 is 2.18 bits per heavy atom. The number of nitrogens with zero attached hydrogens (tertiary/aromatic N) is 1. The van der Waals surface area contributed by atoms with Crippen LogP contribution in [-0.2, 0) is 4.79 Å². The summed E-state index contributed by atoms with van der Waals surface area (Å²) in [6, 6.07) is 4.87. The average molecular weight is 233 g/mol. The minimum absolute atomic E-state index is 0.0995. The van der Waals surface area contributed by atoms with Crippen LogP contribution in [0.3, 0.4) is 0 Å². The first kappa shape index (κ1) is 11.6. The summed E-state index contributed by atoms with van der Waals surface area (Å²) >= 11 is 0. The van der Waals surface area contributed by atoms with Gasteiger partial charge in [0, 0.05) is 24.1 Å². The third-order valence-electron chi connectivity index (χ3n) is 3.07. The molecule has 4 heteroatoms. The number of carbonyl (C=O) groups excluding carboxylic acids is 2. The standard InChI is InChI=1S/C13H15NO3/c1-9-11(5-2-6-12(9)16)13(17)14-7-3-4-10(15)8-14/h2,5-6,16H,3-4,7-8H2,1H3. The molecule has 0 aromatic heterocycles. The SMILES string of the molecule is Cc1c(O)cccc1C(=O)N1CCCC(=O)C1. The first-order valence-corrected chi connectivity index (χ1v) is 5.69.